The molecular weight excluding hydrogens is 465 g/mol. The molecule has 182 valence electrons. The van der Waals surface area contributed by atoms with Gasteiger partial charge in [-0.1, -0.05) is 17.7 Å². The van der Waals surface area contributed by atoms with Crippen molar-refractivity contribution in [3.8, 4) is 17.2 Å². The van der Waals surface area contributed by atoms with Crippen LogP contribution in [0.5, 0.6) is 11.5 Å². The molecule has 2 N–H and O–H groups in total. The second-order valence-corrected chi connectivity index (χ2v) is 7.92. The van der Waals surface area contributed by atoms with Crippen LogP contribution in [0, 0.1) is 19.7 Å². The SMILES string of the molecule is CNC(=O)c1cc(Oc2ccc(NC(=O)c3nn(-c4ccc(C)cc4)c(=O)cc3C)cc2F)ccn1. The van der Waals surface area contributed by atoms with Crippen LogP contribution in [0.1, 0.15) is 32.1 Å². The van der Waals surface area contributed by atoms with Crippen molar-refractivity contribution in [3.63, 3.8) is 0 Å². The molecule has 0 saturated heterocycles. The number of carbonyl (C=O) groups is 2. The molecule has 0 fully saturated rings. The fraction of sp³-hybridized carbons (Fsp3) is 0.115. The Morgan fingerprint density at radius 2 is 1.72 bits per heavy atom. The van der Waals surface area contributed by atoms with E-state index in [1.165, 1.54) is 43.6 Å². The number of ether oxygens (including phenoxy) is 1. The highest BCUT2D eigenvalue weighted by Gasteiger charge is 2.16. The van der Waals surface area contributed by atoms with Crippen LogP contribution in [0.25, 0.3) is 5.69 Å². The number of rotatable bonds is 6. The van der Waals surface area contributed by atoms with E-state index >= 15 is 0 Å². The van der Waals surface area contributed by atoms with Gasteiger partial charge in [-0.25, -0.2) is 4.39 Å². The smallest absolute Gasteiger partial charge is 0.276 e. The molecule has 2 aromatic heterocycles. The van der Waals surface area contributed by atoms with E-state index in [4.69, 9.17) is 4.74 Å². The number of hydrogen-bond donors (Lipinski definition) is 2. The Bertz CT molecular complexity index is 1520. The topological polar surface area (TPSA) is 115 Å². The summed E-state index contributed by atoms with van der Waals surface area (Å²) < 4.78 is 21.4. The van der Waals surface area contributed by atoms with Crippen molar-refractivity contribution >= 4 is 17.5 Å². The van der Waals surface area contributed by atoms with Gasteiger partial charge in [-0.3, -0.25) is 19.4 Å². The largest absolute Gasteiger partial charge is 0.454 e. The molecule has 0 aliphatic heterocycles. The van der Waals surface area contributed by atoms with Gasteiger partial charge < -0.3 is 15.4 Å². The van der Waals surface area contributed by atoms with Crippen LogP contribution in [0.3, 0.4) is 0 Å². The Kier molecular flexibility index (Phi) is 6.86. The third-order valence-electron chi connectivity index (χ3n) is 5.22. The van der Waals surface area contributed by atoms with E-state index < -0.39 is 17.6 Å². The van der Waals surface area contributed by atoms with Crippen LogP contribution < -0.4 is 20.9 Å². The zero-order valence-corrected chi connectivity index (χ0v) is 19.7. The third-order valence-corrected chi connectivity index (χ3v) is 5.22. The minimum absolute atomic E-state index is 0.0226. The molecule has 0 aliphatic rings. The first kappa shape index (κ1) is 24.3. The summed E-state index contributed by atoms with van der Waals surface area (Å²) in [4.78, 5) is 41.0. The number of amides is 2. The molecule has 10 heteroatoms. The molecule has 2 aromatic carbocycles. The molecule has 2 heterocycles. The van der Waals surface area contributed by atoms with Crippen molar-refractivity contribution in [2.45, 2.75) is 13.8 Å². The van der Waals surface area contributed by atoms with Crippen LogP contribution in [-0.2, 0) is 0 Å². The van der Waals surface area contributed by atoms with E-state index in [9.17, 15) is 18.8 Å². The lowest BCUT2D eigenvalue weighted by atomic mass is 10.2. The van der Waals surface area contributed by atoms with E-state index in [2.05, 4.69) is 20.7 Å². The highest BCUT2D eigenvalue weighted by Crippen LogP contribution is 2.27. The molecular formula is C26H22FN5O4. The predicted molar refractivity (Wildman–Crippen MR) is 131 cm³/mol. The van der Waals surface area contributed by atoms with Crippen molar-refractivity contribution in [2.24, 2.45) is 0 Å². The number of aromatic nitrogens is 3. The Balaban J connectivity index is 1.54. The molecule has 0 unspecified atom stereocenters. The number of benzene rings is 2. The fourth-order valence-corrected chi connectivity index (χ4v) is 3.34. The number of halogens is 1. The zero-order valence-electron chi connectivity index (χ0n) is 19.7. The third kappa shape index (κ3) is 5.27. The van der Waals surface area contributed by atoms with Gasteiger partial charge >= 0.3 is 0 Å². The summed E-state index contributed by atoms with van der Waals surface area (Å²) in [6, 6.07) is 15.2. The van der Waals surface area contributed by atoms with Crippen LogP contribution in [0.2, 0.25) is 0 Å². The molecule has 4 rings (SSSR count). The number of nitrogens with zero attached hydrogens (tertiary/aromatic N) is 3. The second kappa shape index (κ2) is 10.2. The summed E-state index contributed by atoms with van der Waals surface area (Å²) in [6.45, 7) is 3.52. The fourth-order valence-electron chi connectivity index (χ4n) is 3.34. The van der Waals surface area contributed by atoms with E-state index in [-0.39, 0.29) is 34.1 Å². The van der Waals surface area contributed by atoms with E-state index in [1.807, 2.05) is 19.1 Å². The number of anilines is 1. The first-order valence-electron chi connectivity index (χ1n) is 10.9. The second-order valence-electron chi connectivity index (χ2n) is 7.92. The van der Waals surface area contributed by atoms with Gasteiger partial charge in [0.2, 0.25) is 0 Å². The average molecular weight is 487 g/mol. The molecule has 9 nitrogen and oxygen atoms in total. The van der Waals surface area contributed by atoms with Gasteiger partial charge in [-0.05, 0) is 49.7 Å². The van der Waals surface area contributed by atoms with Gasteiger partial charge in [-0.15, -0.1) is 0 Å². The Labute approximate surface area is 205 Å². The molecule has 0 radical (unpaired) electrons. The van der Waals surface area contributed by atoms with Gasteiger partial charge in [0.1, 0.15) is 11.4 Å². The monoisotopic (exact) mass is 487 g/mol. The van der Waals surface area contributed by atoms with Crippen LogP contribution >= 0.6 is 0 Å². The van der Waals surface area contributed by atoms with Crippen molar-refractivity contribution in [3.05, 3.63) is 106 Å². The summed E-state index contributed by atoms with van der Waals surface area (Å²) in [5.74, 6) is -1.63. The predicted octanol–water partition coefficient (Wildman–Crippen LogP) is 3.79. The van der Waals surface area contributed by atoms with Crippen molar-refractivity contribution < 1.29 is 18.7 Å². The maximum absolute atomic E-state index is 14.7. The van der Waals surface area contributed by atoms with Gasteiger partial charge in [0.15, 0.2) is 17.3 Å². The van der Waals surface area contributed by atoms with Gasteiger partial charge in [0.25, 0.3) is 17.4 Å². The molecule has 0 atom stereocenters. The van der Waals surface area contributed by atoms with Crippen molar-refractivity contribution in [2.75, 3.05) is 12.4 Å². The van der Waals surface area contributed by atoms with E-state index in [0.717, 1.165) is 16.3 Å². The molecule has 0 spiro atoms. The summed E-state index contributed by atoms with van der Waals surface area (Å²) in [6.07, 6.45) is 1.37. The van der Waals surface area contributed by atoms with Crippen LogP contribution in [-0.4, -0.2) is 33.6 Å². The van der Waals surface area contributed by atoms with E-state index in [1.54, 1.807) is 19.1 Å². The average Bonchev–Trinajstić information content (AvgIpc) is 2.86. The normalized spacial score (nSPS) is 10.6. The molecule has 4 aromatic rings. The molecule has 0 bridgehead atoms. The first-order chi connectivity index (χ1) is 17.2. The summed E-state index contributed by atoms with van der Waals surface area (Å²) in [7, 11) is 1.47. The number of pyridine rings is 1. The molecule has 2 amide bonds. The summed E-state index contributed by atoms with van der Waals surface area (Å²) >= 11 is 0. The van der Waals surface area contributed by atoms with Gasteiger partial charge in [0, 0.05) is 37.1 Å². The minimum atomic E-state index is -0.736. The van der Waals surface area contributed by atoms with Crippen molar-refractivity contribution in [1.82, 2.24) is 20.1 Å². The first-order valence-corrected chi connectivity index (χ1v) is 10.9. The maximum atomic E-state index is 14.7. The number of carbonyl (C=O) groups excluding carboxylic acids is 2. The van der Waals surface area contributed by atoms with Crippen LogP contribution in [0.15, 0.2) is 71.7 Å². The van der Waals surface area contributed by atoms with Gasteiger partial charge in [-0.2, -0.15) is 9.78 Å². The Morgan fingerprint density at radius 3 is 2.42 bits per heavy atom. The molecule has 0 saturated carbocycles. The quantitative estimate of drug-likeness (QED) is 0.428. The van der Waals surface area contributed by atoms with E-state index in [0.29, 0.717) is 11.3 Å². The highest BCUT2D eigenvalue weighted by molar-refractivity contribution is 6.03. The number of hydrogen-bond acceptors (Lipinski definition) is 6. The lowest BCUT2D eigenvalue weighted by molar-refractivity contribution is 0.0956. The molecule has 36 heavy (non-hydrogen) atoms. The Morgan fingerprint density at radius 1 is 0.972 bits per heavy atom. The standard InChI is InChI=1S/C26H22FN5O4/c1-15-4-7-18(8-5-15)32-23(33)12-16(2)24(31-32)26(35)30-17-6-9-22(20(27)13-17)36-19-10-11-29-21(14-19)25(34)28-3/h4-14H,1-3H3,(H,28,34)(H,30,35). The lowest BCUT2D eigenvalue weighted by Crippen LogP contribution is -2.26. The Hall–Kier alpha value is -4.86. The lowest BCUT2D eigenvalue weighted by Gasteiger charge is -2.12. The number of aryl methyl sites for hydroxylation is 2. The van der Waals surface area contributed by atoms with Crippen LogP contribution in [0.4, 0.5) is 10.1 Å². The summed E-state index contributed by atoms with van der Waals surface area (Å²) in [5, 5.41) is 9.27. The molecule has 0 aliphatic carbocycles. The van der Waals surface area contributed by atoms with Crippen molar-refractivity contribution in [1.29, 1.82) is 0 Å². The van der Waals surface area contributed by atoms with Gasteiger partial charge in [0.05, 0.1) is 5.69 Å². The zero-order chi connectivity index (χ0) is 25.8. The minimum Gasteiger partial charge on any atom is -0.454 e. The highest BCUT2D eigenvalue weighted by atomic mass is 19.1. The summed E-state index contributed by atoms with van der Waals surface area (Å²) in [5.41, 5.74) is 1.84. The maximum Gasteiger partial charge on any atom is 0.276 e. The number of nitrogens with one attached hydrogen (secondary N) is 2.